The van der Waals surface area contributed by atoms with Crippen LogP contribution in [0.15, 0.2) is 42.5 Å². The maximum atomic E-state index is 13.6. The molecule has 18 heavy (non-hydrogen) atoms. The van der Waals surface area contributed by atoms with Gasteiger partial charge in [0.1, 0.15) is 11.3 Å². The lowest BCUT2D eigenvalue weighted by molar-refractivity contribution is 0.275. The predicted molar refractivity (Wildman–Crippen MR) is 64.7 cm³/mol. The van der Waals surface area contributed by atoms with Crippen molar-refractivity contribution in [2.75, 3.05) is 0 Å². The summed E-state index contributed by atoms with van der Waals surface area (Å²) in [6, 6.07) is 12.0. The van der Waals surface area contributed by atoms with Crippen molar-refractivity contribution in [3.63, 3.8) is 0 Å². The van der Waals surface area contributed by atoms with Gasteiger partial charge in [-0.25, -0.2) is 9.07 Å². The number of benzene rings is 2. The van der Waals surface area contributed by atoms with Gasteiger partial charge in [-0.1, -0.05) is 23.4 Å². The predicted octanol–water partition coefficient (Wildman–Crippen LogP) is 2.05. The van der Waals surface area contributed by atoms with E-state index in [0.29, 0.717) is 5.69 Å². The molecule has 0 saturated carbocycles. The number of rotatable bonds is 2. The van der Waals surface area contributed by atoms with E-state index in [9.17, 15) is 9.50 Å². The lowest BCUT2D eigenvalue weighted by Crippen LogP contribution is -2.03. The molecular formula is C13H10FN3O. The van der Waals surface area contributed by atoms with Crippen LogP contribution in [-0.4, -0.2) is 20.1 Å². The second-order valence-corrected chi connectivity index (χ2v) is 3.89. The van der Waals surface area contributed by atoms with Crippen LogP contribution in [0.3, 0.4) is 0 Å². The molecule has 1 heterocycles. The zero-order valence-corrected chi connectivity index (χ0v) is 9.42. The van der Waals surface area contributed by atoms with E-state index in [1.54, 1.807) is 12.1 Å². The highest BCUT2D eigenvalue weighted by Crippen LogP contribution is 2.21. The van der Waals surface area contributed by atoms with E-state index in [-0.39, 0.29) is 12.2 Å². The first-order chi connectivity index (χ1) is 8.81. The lowest BCUT2D eigenvalue weighted by atomic mass is 10.1. The van der Waals surface area contributed by atoms with Gasteiger partial charge in [-0.05, 0) is 24.3 Å². The number of para-hydroxylation sites is 1. The number of fused-ring (bicyclic) bond motifs is 1. The number of nitrogens with zero attached hydrogens (tertiary/aromatic N) is 3. The second-order valence-electron chi connectivity index (χ2n) is 3.89. The summed E-state index contributed by atoms with van der Waals surface area (Å²) in [6.07, 6.45) is 0. The summed E-state index contributed by atoms with van der Waals surface area (Å²) in [5, 5.41) is 17.3. The first-order valence-corrected chi connectivity index (χ1v) is 5.50. The third kappa shape index (κ3) is 1.56. The molecular weight excluding hydrogens is 233 g/mol. The van der Waals surface area contributed by atoms with Crippen LogP contribution in [0.4, 0.5) is 4.39 Å². The van der Waals surface area contributed by atoms with Crippen LogP contribution in [0, 0.1) is 5.82 Å². The Morgan fingerprint density at radius 1 is 1.11 bits per heavy atom. The number of aromatic nitrogens is 3. The Hall–Kier alpha value is -2.27. The van der Waals surface area contributed by atoms with Gasteiger partial charge in [-0.15, -0.1) is 5.10 Å². The third-order valence-electron chi connectivity index (χ3n) is 2.83. The summed E-state index contributed by atoms with van der Waals surface area (Å²) in [7, 11) is 0. The molecule has 1 N–H and O–H groups in total. The number of halogens is 1. The summed E-state index contributed by atoms with van der Waals surface area (Å²) in [6.45, 7) is -0.379. The topological polar surface area (TPSA) is 50.9 Å². The Morgan fingerprint density at radius 2 is 1.94 bits per heavy atom. The molecule has 0 spiro atoms. The molecule has 3 aromatic rings. The summed E-state index contributed by atoms with van der Waals surface area (Å²) in [4.78, 5) is 0. The molecule has 5 heteroatoms. The van der Waals surface area contributed by atoms with Crippen LogP contribution in [-0.2, 0) is 6.61 Å². The molecule has 0 aliphatic heterocycles. The van der Waals surface area contributed by atoms with Crippen LogP contribution >= 0.6 is 0 Å². The van der Waals surface area contributed by atoms with E-state index in [1.807, 2.05) is 24.3 Å². The quantitative estimate of drug-likeness (QED) is 0.749. The SMILES string of the molecule is OCc1c(F)cccc1-n1nnc2ccccc21. The van der Waals surface area contributed by atoms with Crippen molar-refractivity contribution in [3.8, 4) is 5.69 Å². The first kappa shape index (κ1) is 10.9. The Balaban J connectivity index is 2.30. The van der Waals surface area contributed by atoms with E-state index in [2.05, 4.69) is 10.3 Å². The maximum absolute atomic E-state index is 13.6. The van der Waals surface area contributed by atoms with Gasteiger partial charge in [-0.3, -0.25) is 0 Å². The van der Waals surface area contributed by atoms with Crippen LogP contribution in [0.5, 0.6) is 0 Å². The van der Waals surface area contributed by atoms with E-state index in [0.717, 1.165) is 11.0 Å². The standard InChI is InChI=1S/C13H10FN3O/c14-10-4-3-7-12(9(10)8-18)17-13-6-2-1-5-11(13)15-16-17/h1-7,18H,8H2. The monoisotopic (exact) mass is 243 g/mol. The van der Waals surface area contributed by atoms with E-state index in [4.69, 9.17) is 0 Å². The van der Waals surface area contributed by atoms with Gasteiger partial charge in [0, 0.05) is 5.56 Å². The Bertz CT molecular complexity index is 708. The third-order valence-corrected chi connectivity index (χ3v) is 2.83. The van der Waals surface area contributed by atoms with Crippen LogP contribution in [0.25, 0.3) is 16.7 Å². The summed E-state index contributed by atoms with van der Waals surface area (Å²) >= 11 is 0. The number of hydrogen-bond acceptors (Lipinski definition) is 3. The molecule has 90 valence electrons. The molecule has 0 fully saturated rings. The second kappa shape index (κ2) is 4.19. The van der Waals surface area contributed by atoms with Crippen molar-refractivity contribution in [2.45, 2.75) is 6.61 Å². The van der Waals surface area contributed by atoms with E-state index in [1.165, 1.54) is 10.7 Å². The fourth-order valence-electron chi connectivity index (χ4n) is 1.95. The maximum Gasteiger partial charge on any atom is 0.130 e. The number of hydrogen-bond donors (Lipinski definition) is 1. The van der Waals surface area contributed by atoms with Gasteiger partial charge in [0.05, 0.1) is 17.8 Å². The zero-order chi connectivity index (χ0) is 12.5. The molecule has 1 aromatic heterocycles. The Labute approximate surface area is 102 Å². The van der Waals surface area contributed by atoms with Gasteiger partial charge >= 0.3 is 0 Å². The highest BCUT2D eigenvalue weighted by molar-refractivity contribution is 5.76. The molecule has 2 aromatic carbocycles. The molecule has 0 amide bonds. The minimum atomic E-state index is -0.449. The lowest BCUT2D eigenvalue weighted by Gasteiger charge is -2.08. The fourth-order valence-corrected chi connectivity index (χ4v) is 1.95. The van der Waals surface area contributed by atoms with Crippen molar-refractivity contribution >= 4 is 11.0 Å². The highest BCUT2D eigenvalue weighted by atomic mass is 19.1. The van der Waals surface area contributed by atoms with Gasteiger partial charge in [0.25, 0.3) is 0 Å². The van der Waals surface area contributed by atoms with Gasteiger partial charge in [0.15, 0.2) is 0 Å². The van der Waals surface area contributed by atoms with E-state index < -0.39 is 5.82 Å². The van der Waals surface area contributed by atoms with Crippen molar-refractivity contribution in [1.82, 2.24) is 15.0 Å². The van der Waals surface area contributed by atoms with Crippen LogP contribution < -0.4 is 0 Å². The fraction of sp³-hybridized carbons (Fsp3) is 0.0769. The van der Waals surface area contributed by atoms with Crippen molar-refractivity contribution in [1.29, 1.82) is 0 Å². The van der Waals surface area contributed by atoms with Crippen LogP contribution in [0.1, 0.15) is 5.56 Å². The average Bonchev–Trinajstić information content (AvgIpc) is 2.82. The number of aliphatic hydroxyl groups excluding tert-OH is 1. The molecule has 0 aliphatic rings. The zero-order valence-electron chi connectivity index (χ0n) is 9.42. The van der Waals surface area contributed by atoms with Crippen molar-refractivity contribution in [2.24, 2.45) is 0 Å². The highest BCUT2D eigenvalue weighted by Gasteiger charge is 2.12. The van der Waals surface area contributed by atoms with Crippen LogP contribution in [0.2, 0.25) is 0 Å². The Kier molecular flexibility index (Phi) is 2.53. The molecule has 0 atom stereocenters. The molecule has 0 bridgehead atoms. The van der Waals surface area contributed by atoms with Gasteiger partial charge in [-0.2, -0.15) is 0 Å². The Morgan fingerprint density at radius 3 is 2.78 bits per heavy atom. The summed E-state index contributed by atoms with van der Waals surface area (Å²) < 4.78 is 15.2. The molecule has 3 rings (SSSR count). The molecule has 0 unspecified atom stereocenters. The minimum absolute atomic E-state index is 0.216. The van der Waals surface area contributed by atoms with Crippen molar-refractivity contribution < 1.29 is 9.50 Å². The normalized spacial score (nSPS) is 11.0. The summed E-state index contributed by atoms with van der Waals surface area (Å²) in [5.41, 5.74) is 2.22. The average molecular weight is 243 g/mol. The minimum Gasteiger partial charge on any atom is -0.391 e. The molecule has 4 nitrogen and oxygen atoms in total. The molecule has 0 aliphatic carbocycles. The smallest absolute Gasteiger partial charge is 0.130 e. The largest absolute Gasteiger partial charge is 0.391 e. The first-order valence-electron chi connectivity index (χ1n) is 5.50. The van der Waals surface area contributed by atoms with Gasteiger partial charge in [0.2, 0.25) is 0 Å². The molecule has 0 radical (unpaired) electrons. The number of aliphatic hydroxyl groups is 1. The summed E-state index contributed by atoms with van der Waals surface area (Å²) in [5.74, 6) is -0.449. The van der Waals surface area contributed by atoms with Gasteiger partial charge < -0.3 is 5.11 Å². The molecule has 0 saturated heterocycles. The van der Waals surface area contributed by atoms with Crippen molar-refractivity contribution in [3.05, 3.63) is 53.8 Å². The van der Waals surface area contributed by atoms with E-state index >= 15 is 0 Å².